The molecular weight excluding hydrogens is 362 g/mol. The number of fused-ring (bicyclic) bond motifs is 1. The van der Waals surface area contributed by atoms with Crippen LogP contribution in [0.3, 0.4) is 0 Å². The van der Waals surface area contributed by atoms with Crippen molar-refractivity contribution in [2.24, 2.45) is 0 Å². The van der Waals surface area contributed by atoms with Gasteiger partial charge in [-0.2, -0.15) is 4.31 Å². The molecular formula is C18H18ClNO4S. The minimum absolute atomic E-state index is 0.154. The van der Waals surface area contributed by atoms with E-state index >= 15 is 0 Å². The number of esters is 1. The van der Waals surface area contributed by atoms with Crippen molar-refractivity contribution < 1.29 is 17.9 Å². The Kier molecular flexibility index (Phi) is 5.13. The first-order valence-corrected chi connectivity index (χ1v) is 9.79. The summed E-state index contributed by atoms with van der Waals surface area (Å²) in [5.41, 5.74) is 1.48. The molecule has 7 heteroatoms. The average molecular weight is 380 g/mol. The quantitative estimate of drug-likeness (QED) is 0.765. The molecule has 0 spiro atoms. The Morgan fingerprint density at radius 1 is 1.24 bits per heavy atom. The minimum Gasteiger partial charge on any atom is -0.465 e. The maximum Gasteiger partial charge on any atom is 0.329 e. The molecule has 0 N–H and O–H groups in total. The Morgan fingerprint density at radius 3 is 2.64 bits per heavy atom. The molecule has 5 nitrogen and oxygen atoms in total. The van der Waals surface area contributed by atoms with Crippen LogP contribution in [0.5, 0.6) is 0 Å². The van der Waals surface area contributed by atoms with Crippen molar-refractivity contribution in [1.82, 2.24) is 4.31 Å². The average Bonchev–Trinajstić information content (AvgIpc) is 2.61. The predicted octanol–water partition coefficient (Wildman–Crippen LogP) is 3.19. The second kappa shape index (κ2) is 7.15. The fraction of sp³-hybridized carbons (Fsp3) is 0.278. The highest BCUT2D eigenvalue weighted by Crippen LogP contribution is 2.36. The molecule has 0 saturated heterocycles. The summed E-state index contributed by atoms with van der Waals surface area (Å²) in [7, 11) is -3.83. The molecule has 25 heavy (non-hydrogen) atoms. The molecule has 0 radical (unpaired) electrons. The van der Waals surface area contributed by atoms with Gasteiger partial charge < -0.3 is 4.74 Å². The molecule has 3 rings (SSSR count). The van der Waals surface area contributed by atoms with Gasteiger partial charge in [0.15, 0.2) is 0 Å². The number of ether oxygens (including phenoxy) is 1. The lowest BCUT2D eigenvalue weighted by atomic mass is 9.94. The van der Waals surface area contributed by atoms with Gasteiger partial charge >= 0.3 is 5.97 Å². The maximum absolute atomic E-state index is 13.1. The highest BCUT2D eigenvalue weighted by Gasteiger charge is 2.41. The Labute approximate surface area is 152 Å². The molecule has 0 aromatic heterocycles. The Morgan fingerprint density at radius 2 is 1.96 bits per heavy atom. The molecule has 1 aliphatic heterocycles. The number of carbonyl (C=O) groups excluding carboxylic acids is 1. The standard InChI is InChI=1S/C18H18ClNO4S/c1-2-24-18(21)17-16-9-8-14(19)12-13(16)10-11-20(17)25(22,23)15-6-4-3-5-7-15/h3-9,12,17H,2,10-11H2,1H3. The van der Waals surface area contributed by atoms with E-state index < -0.39 is 22.0 Å². The van der Waals surface area contributed by atoms with E-state index in [2.05, 4.69) is 0 Å². The zero-order valence-electron chi connectivity index (χ0n) is 13.7. The lowest BCUT2D eigenvalue weighted by Gasteiger charge is -2.34. The van der Waals surface area contributed by atoms with E-state index in [0.29, 0.717) is 17.0 Å². The molecule has 0 amide bonds. The SMILES string of the molecule is CCOC(=O)C1c2ccc(Cl)cc2CCN1S(=O)(=O)c1ccccc1. The van der Waals surface area contributed by atoms with Gasteiger partial charge in [-0.05, 0) is 48.7 Å². The smallest absolute Gasteiger partial charge is 0.329 e. The number of carbonyl (C=O) groups is 1. The summed E-state index contributed by atoms with van der Waals surface area (Å²) in [5, 5.41) is 0.556. The number of hydrogen-bond donors (Lipinski definition) is 0. The highest BCUT2D eigenvalue weighted by molar-refractivity contribution is 7.89. The lowest BCUT2D eigenvalue weighted by molar-refractivity contribution is -0.148. The summed E-state index contributed by atoms with van der Waals surface area (Å²) in [6, 6.07) is 12.2. The van der Waals surface area contributed by atoms with Gasteiger partial charge in [0.2, 0.25) is 10.0 Å². The first kappa shape index (κ1) is 17.9. The summed E-state index contributed by atoms with van der Waals surface area (Å²) < 4.78 is 32.5. The van der Waals surface area contributed by atoms with Crippen LogP contribution in [0.25, 0.3) is 0 Å². The summed E-state index contributed by atoms with van der Waals surface area (Å²) in [6.07, 6.45) is 0.484. The molecule has 0 saturated carbocycles. The van der Waals surface area contributed by atoms with Gasteiger partial charge in [-0.1, -0.05) is 35.9 Å². The predicted molar refractivity (Wildman–Crippen MR) is 94.9 cm³/mol. The third-order valence-electron chi connectivity index (χ3n) is 4.15. The van der Waals surface area contributed by atoms with Crippen LogP contribution in [-0.2, 0) is 26.0 Å². The Balaban J connectivity index is 2.10. The molecule has 2 aromatic rings. The molecule has 0 aliphatic carbocycles. The molecule has 1 unspecified atom stereocenters. The molecule has 1 atom stereocenters. The molecule has 1 heterocycles. The van der Waals surface area contributed by atoms with Crippen molar-refractivity contribution in [1.29, 1.82) is 0 Å². The number of halogens is 1. The fourth-order valence-corrected chi connectivity index (χ4v) is 4.80. The summed E-state index contributed by atoms with van der Waals surface area (Å²) in [6.45, 7) is 2.06. The third kappa shape index (κ3) is 3.42. The van der Waals surface area contributed by atoms with E-state index in [9.17, 15) is 13.2 Å². The largest absolute Gasteiger partial charge is 0.465 e. The Bertz CT molecular complexity index is 883. The number of rotatable bonds is 4. The van der Waals surface area contributed by atoms with Crippen molar-refractivity contribution >= 4 is 27.6 Å². The number of hydrogen-bond acceptors (Lipinski definition) is 4. The summed E-state index contributed by atoms with van der Waals surface area (Å²) in [5.74, 6) is -0.578. The van der Waals surface area contributed by atoms with Crippen LogP contribution >= 0.6 is 11.6 Å². The van der Waals surface area contributed by atoms with E-state index in [1.54, 1.807) is 43.3 Å². The minimum atomic E-state index is -3.83. The normalized spacial score (nSPS) is 17.8. The zero-order valence-corrected chi connectivity index (χ0v) is 15.3. The number of nitrogens with zero attached hydrogens (tertiary/aromatic N) is 1. The first-order chi connectivity index (χ1) is 11.9. The van der Waals surface area contributed by atoms with Crippen molar-refractivity contribution in [3.05, 3.63) is 64.7 Å². The van der Waals surface area contributed by atoms with Crippen LogP contribution in [0.1, 0.15) is 24.1 Å². The van der Waals surface area contributed by atoms with E-state index in [-0.39, 0.29) is 18.0 Å². The topological polar surface area (TPSA) is 63.7 Å². The fourth-order valence-electron chi connectivity index (χ4n) is 3.02. The Hall–Kier alpha value is -1.89. The molecule has 0 fully saturated rings. The van der Waals surface area contributed by atoms with Gasteiger partial charge in [-0.3, -0.25) is 0 Å². The number of sulfonamides is 1. The van der Waals surface area contributed by atoms with Crippen LogP contribution in [0, 0.1) is 0 Å². The second-order valence-corrected chi connectivity index (χ2v) is 8.00. The van der Waals surface area contributed by atoms with Gasteiger partial charge in [0, 0.05) is 11.6 Å². The van der Waals surface area contributed by atoms with Crippen molar-refractivity contribution in [3.8, 4) is 0 Å². The van der Waals surface area contributed by atoms with Crippen LogP contribution in [0.4, 0.5) is 0 Å². The second-order valence-electron chi connectivity index (χ2n) is 5.68. The van der Waals surface area contributed by atoms with Gasteiger partial charge in [-0.15, -0.1) is 0 Å². The molecule has 2 aromatic carbocycles. The van der Waals surface area contributed by atoms with Crippen molar-refractivity contribution in [2.75, 3.05) is 13.2 Å². The summed E-state index contributed by atoms with van der Waals surface area (Å²) in [4.78, 5) is 12.7. The molecule has 0 bridgehead atoms. The number of benzene rings is 2. The zero-order chi connectivity index (χ0) is 18.0. The van der Waals surface area contributed by atoms with E-state index in [4.69, 9.17) is 16.3 Å². The van der Waals surface area contributed by atoms with Gasteiger partial charge in [0.1, 0.15) is 6.04 Å². The van der Waals surface area contributed by atoms with E-state index in [1.807, 2.05) is 0 Å². The van der Waals surface area contributed by atoms with Gasteiger partial charge in [0.25, 0.3) is 0 Å². The van der Waals surface area contributed by atoms with Crippen LogP contribution in [-0.4, -0.2) is 31.8 Å². The van der Waals surface area contributed by atoms with Crippen LogP contribution < -0.4 is 0 Å². The highest BCUT2D eigenvalue weighted by atomic mass is 35.5. The van der Waals surface area contributed by atoms with E-state index in [0.717, 1.165) is 5.56 Å². The monoisotopic (exact) mass is 379 g/mol. The van der Waals surface area contributed by atoms with Gasteiger partial charge in [0.05, 0.1) is 11.5 Å². The maximum atomic E-state index is 13.1. The van der Waals surface area contributed by atoms with E-state index in [1.165, 1.54) is 16.4 Å². The first-order valence-electron chi connectivity index (χ1n) is 7.97. The van der Waals surface area contributed by atoms with Crippen LogP contribution in [0.15, 0.2) is 53.4 Å². The molecule has 1 aliphatic rings. The van der Waals surface area contributed by atoms with Crippen molar-refractivity contribution in [3.63, 3.8) is 0 Å². The van der Waals surface area contributed by atoms with Gasteiger partial charge in [-0.25, -0.2) is 13.2 Å². The third-order valence-corrected chi connectivity index (χ3v) is 6.26. The summed E-state index contributed by atoms with van der Waals surface area (Å²) >= 11 is 6.04. The lowest BCUT2D eigenvalue weighted by Crippen LogP contribution is -2.44. The van der Waals surface area contributed by atoms with Crippen molar-refractivity contribution in [2.45, 2.75) is 24.3 Å². The molecule has 132 valence electrons. The van der Waals surface area contributed by atoms with Crippen LogP contribution in [0.2, 0.25) is 5.02 Å².